The molecule has 0 unspecified atom stereocenters. The van der Waals surface area contributed by atoms with E-state index >= 15 is 0 Å². The van der Waals surface area contributed by atoms with E-state index in [1.807, 2.05) is 0 Å². The Hall–Kier alpha value is 0.532. The molecule has 0 saturated heterocycles. The Morgan fingerprint density at radius 2 is 0.192 bits per heavy atom. The van der Waals surface area contributed by atoms with E-state index in [4.69, 9.17) is 0 Å². The van der Waals surface area contributed by atoms with Crippen LogP contribution in [0.2, 0.25) is 0 Å². The molecule has 0 radical (unpaired) electrons. The van der Waals surface area contributed by atoms with Crippen LogP contribution in [0.1, 0.15) is 445 Å². The summed E-state index contributed by atoms with van der Waals surface area (Å²) in [7, 11) is 0. The zero-order valence-corrected chi connectivity index (χ0v) is 53.5. The van der Waals surface area contributed by atoms with Gasteiger partial charge in [-0.3, -0.25) is 0 Å². The Morgan fingerprint density at radius 1 is 0.123 bits per heavy atom. The van der Waals surface area contributed by atoms with Gasteiger partial charge in [0.15, 0.2) is 0 Å². The smallest absolute Gasteiger partial charge is 0.343 e. The molecular weight excluding hydrogens is 892 g/mol. The van der Waals surface area contributed by atoms with Gasteiger partial charge in [0.25, 0.3) is 0 Å². The van der Waals surface area contributed by atoms with Gasteiger partial charge in [-0.15, -0.1) is 0 Å². The average molecular weight is 1040 g/mol. The predicted octanol–water partition coefficient (Wildman–Crippen LogP) is 27.9. The standard InChI is InChI=1S/3C24H49.Al/c3*1-3-5-7-9-11-13-15-17-19-21-23-24-22-20-18-16-14-12-10-8-6-4-2;/h3*1,3-24H2,2H3;/q3*-1;+3. The van der Waals surface area contributed by atoms with Gasteiger partial charge in [-0.2, -0.15) is 19.3 Å². The van der Waals surface area contributed by atoms with Gasteiger partial charge < -0.3 is 20.8 Å². The summed E-state index contributed by atoms with van der Waals surface area (Å²) in [5.41, 5.74) is 0. The fourth-order valence-corrected chi connectivity index (χ4v) is 10.8. The molecule has 0 aliphatic carbocycles. The second-order valence-corrected chi connectivity index (χ2v) is 23.8. The maximum atomic E-state index is 3.91. The Kier molecular flexibility index (Phi) is 91.9. The van der Waals surface area contributed by atoms with Gasteiger partial charge in [-0.1, -0.05) is 425 Å². The molecule has 73 heavy (non-hydrogen) atoms. The van der Waals surface area contributed by atoms with Crippen LogP contribution in [-0.2, 0) is 0 Å². The fraction of sp³-hybridized carbons (Fsp3) is 0.958. The molecule has 0 aromatic rings. The van der Waals surface area contributed by atoms with Crippen LogP contribution in [-0.4, -0.2) is 17.4 Å². The third-order valence-corrected chi connectivity index (χ3v) is 16.1. The van der Waals surface area contributed by atoms with Crippen molar-refractivity contribution in [2.24, 2.45) is 0 Å². The van der Waals surface area contributed by atoms with E-state index in [1.165, 1.54) is 405 Å². The molecule has 0 spiro atoms. The second-order valence-electron chi connectivity index (χ2n) is 23.8. The van der Waals surface area contributed by atoms with E-state index in [9.17, 15) is 0 Å². The van der Waals surface area contributed by atoms with Crippen molar-refractivity contribution in [1.29, 1.82) is 0 Å². The molecule has 0 amide bonds. The van der Waals surface area contributed by atoms with Crippen molar-refractivity contribution in [3.05, 3.63) is 20.8 Å². The molecule has 0 N–H and O–H groups in total. The van der Waals surface area contributed by atoms with E-state index in [1.54, 1.807) is 0 Å². The van der Waals surface area contributed by atoms with Gasteiger partial charge in [-0.25, -0.2) is 0 Å². The van der Waals surface area contributed by atoms with E-state index in [-0.39, 0.29) is 17.4 Å². The first kappa shape index (κ1) is 80.0. The molecule has 438 valence electrons. The fourth-order valence-electron chi connectivity index (χ4n) is 10.8. The van der Waals surface area contributed by atoms with Crippen LogP contribution in [0.4, 0.5) is 0 Å². The van der Waals surface area contributed by atoms with Crippen LogP contribution >= 0.6 is 0 Å². The van der Waals surface area contributed by atoms with Crippen molar-refractivity contribution >= 4 is 17.4 Å². The summed E-state index contributed by atoms with van der Waals surface area (Å²) in [4.78, 5) is 0. The molecule has 0 fully saturated rings. The van der Waals surface area contributed by atoms with Crippen LogP contribution in [0.25, 0.3) is 0 Å². The quantitative estimate of drug-likeness (QED) is 0.0324. The summed E-state index contributed by atoms with van der Waals surface area (Å²) in [5.74, 6) is 0. The van der Waals surface area contributed by atoms with Gasteiger partial charge in [0.05, 0.1) is 0 Å². The monoisotopic (exact) mass is 1040 g/mol. The molecule has 1 heteroatoms. The Labute approximate surface area is 480 Å². The maximum absolute atomic E-state index is 3.91. The first-order chi connectivity index (χ1) is 35.7. The van der Waals surface area contributed by atoms with E-state index in [2.05, 4.69) is 41.5 Å². The number of hydrogen-bond donors (Lipinski definition) is 0. The van der Waals surface area contributed by atoms with Crippen LogP contribution < -0.4 is 0 Å². The van der Waals surface area contributed by atoms with E-state index in [0.717, 1.165) is 19.3 Å². The second kappa shape index (κ2) is 83.8. The van der Waals surface area contributed by atoms with Crippen molar-refractivity contribution in [3.63, 3.8) is 0 Å². The molecule has 0 saturated carbocycles. The molecular formula is C72H147Al. The Morgan fingerprint density at radius 3 is 0.260 bits per heavy atom. The van der Waals surface area contributed by atoms with Gasteiger partial charge in [0.2, 0.25) is 0 Å². The Bertz CT molecular complexity index is 635. The summed E-state index contributed by atoms with van der Waals surface area (Å²) >= 11 is 0. The van der Waals surface area contributed by atoms with Gasteiger partial charge in [0.1, 0.15) is 0 Å². The molecule has 0 atom stereocenters. The largest absolute Gasteiger partial charge is 3.00 e. The summed E-state index contributed by atoms with van der Waals surface area (Å²) in [5, 5.41) is 0. The topological polar surface area (TPSA) is 0 Å². The molecule has 0 aliphatic heterocycles. The van der Waals surface area contributed by atoms with Crippen molar-refractivity contribution in [2.75, 3.05) is 0 Å². The maximum Gasteiger partial charge on any atom is 3.00 e. The normalized spacial score (nSPS) is 11.1. The molecule has 0 bridgehead atoms. The van der Waals surface area contributed by atoms with Gasteiger partial charge in [-0.05, 0) is 0 Å². The first-order valence-electron chi connectivity index (χ1n) is 35.1. The number of unbranched alkanes of at least 4 members (excludes halogenated alkanes) is 63. The van der Waals surface area contributed by atoms with E-state index in [0.29, 0.717) is 0 Å². The summed E-state index contributed by atoms with van der Waals surface area (Å²) in [6, 6.07) is 0. The van der Waals surface area contributed by atoms with E-state index < -0.39 is 0 Å². The average Bonchev–Trinajstić information content (AvgIpc) is 3.39. The zero-order chi connectivity index (χ0) is 52.7. The van der Waals surface area contributed by atoms with Crippen molar-refractivity contribution in [1.82, 2.24) is 0 Å². The minimum atomic E-state index is 0. The summed E-state index contributed by atoms with van der Waals surface area (Å²) in [6.45, 7) is 18.6. The third kappa shape index (κ3) is 89.4. The van der Waals surface area contributed by atoms with Crippen LogP contribution in [0.5, 0.6) is 0 Å². The molecule has 0 aromatic heterocycles. The molecule has 0 heterocycles. The predicted molar refractivity (Wildman–Crippen MR) is 344 cm³/mol. The van der Waals surface area contributed by atoms with Gasteiger partial charge in [0, 0.05) is 0 Å². The van der Waals surface area contributed by atoms with Crippen LogP contribution in [0.15, 0.2) is 0 Å². The van der Waals surface area contributed by atoms with Crippen LogP contribution in [0.3, 0.4) is 0 Å². The summed E-state index contributed by atoms with van der Waals surface area (Å²) < 4.78 is 0. The molecule has 0 aromatic carbocycles. The van der Waals surface area contributed by atoms with Crippen LogP contribution in [0, 0.1) is 20.8 Å². The van der Waals surface area contributed by atoms with Crippen molar-refractivity contribution < 1.29 is 0 Å². The van der Waals surface area contributed by atoms with Crippen molar-refractivity contribution in [2.45, 2.75) is 445 Å². The summed E-state index contributed by atoms with van der Waals surface area (Å²) in [6.07, 6.45) is 95.4. The minimum Gasteiger partial charge on any atom is -0.343 e. The number of rotatable bonds is 63. The molecule has 0 nitrogen and oxygen atoms in total. The van der Waals surface area contributed by atoms with Gasteiger partial charge >= 0.3 is 17.4 Å². The third-order valence-electron chi connectivity index (χ3n) is 16.1. The zero-order valence-electron chi connectivity index (χ0n) is 52.4. The number of hydrogen-bond acceptors (Lipinski definition) is 0. The Balaban J connectivity index is -0.000000486. The molecule has 0 rings (SSSR count). The van der Waals surface area contributed by atoms with Crippen molar-refractivity contribution in [3.8, 4) is 0 Å². The first-order valence-corrected chi connectivity index (χ1v) is 35.1. The molecule has 0 aliphatic rings. The SMILES string of the molecule is [Al+3].[CH2-]CCCCCCCCCCCCCCCCCCCCCCC.[CH2-]CCCCCCCCCCCCCCCCCCCCCCC.[CH2-]CCCCCCCCCCCCCCCCCCCCCCC. The minimum absolute atomic E-state index is 0.